The van der Waals surface area contributed by atoms with Crippen LogP contribution >= 0.6 is 23.2 Å². The second-order valence-corrected chi connectivity index (χ2v) is 5.98. The molecule has 0 heterocycles. The Morgan fingerprint density at radius 3 is 2.38 bits per heavy atom. The average molecular weight is 283 g/mol. The topological polar surface area (TPSA) is 63.4 Å². The van der Waals surface area contributed by atoms with Gasteiger partial charge < -0.3 is 0 Å². The van der Waals surface area contributed by atoms with E-state index in [-0.39, 0.29) is 6.54 Å². The van der Waals surface area contributed by atoms with Crippen molar-refractivity contribution < 1.29 is 8.42 Å². The molecular weight excluding hydrogens is 271 g/mol. The van der Waals surface area contributed by atoms with Crippen LogP contribution in [0.25, 0.3) is 0 Å². The second kappa shape index (κ2) is 4.89. The Morgan fingerprint density at radius 2 is 1.94 bits per heavy atom. The van der Waals surface area contributed by atoms with Crippen molar-refractivity contribution in [2.24, 2.45) is 5.14 Å². The van der Waals surface area contributed by atoms with Gasteiger partial charge in [-0.2, -0.15) is 12.7 Å². The van der Waals surface area contributed by atoms with Crippen LogP contribution in [0, 0.1) is 6.92 Å². The Hall–Kier alpha value is -0.330. The third-order valence-electron chi connectivity index (χ3n) is 2.20. The molecule has 0 unspecified atom stereocenters. The van der Waals surface area contributed by atoms with E-state index in [4.69, 9.17) is 28.3 Å². The monoisotopic (exact) mass is 282 g/mol. The lowest BCUT2D eigenvalue weighted by atomic mass is 10.1. The van der Waals surface area contributed by atoms with E-state index in [0.717, 1.165) is 9.87 Å². The first-order chi connectivity index (χ1) is 7.21. The zero-order valence-electron chi connectivity index (χ0n) is 8.87. The fourth-order valence-electron chi connectivity index (χ4n) is 1.25. The largest absolute Gasteiger partial charge is 0.276 e. The minimum absolute atomic E-state index is 0.126. The average Bonchev–Trinajstić information content (AvgIpc) is 2.08. The number of hydrogen-bond donors (Lipinski definition) is 1. The lowest BCUT2D eigenvalue weighted by Gasteiger charge is -2.16. The number of halogens is 2. The summed E-state index contributed by atoms with van der Waals surface area (Å²) in [5, 5.41) is 5.93. The van der Waals surface area contributed by atoms with Crippen molar-refractivity contribution in [2.75, 3.05) is 7.05 Å². The molecule has 1 aromatic rings. The molecule has 0 aliphatic heterocycles. The van der Waals surface area contributed by atoms with Crippen LogP contribution in [0.3, 0.4) is 0 Å². The van der Waals surface area contributed by atoms with Gasteiger partial charge in [0.2, 0.25) is 0 Å². The zero-order chi connectivity index (χ0) is 12.5. The summed E-state index contributed by atoms with van der Waals surface area (Å²) < 4.78 is 23.1. The highest BCUT2D eigenvalue weighted by Crippen LogP contribution is 2.26. The summed E-state index contributed by atoms with van der Waals surface area (Å²) in [4.78, 5) is 0. The predicted octanol–water partition coefficient (Wildman–Crippen LogP) is 1.94. The van der Waals surface area contributed by atoms with E-state index in [0.29, 0.717) is 15.6 Å². The molecule has 90 valence electrons. The first-order valence-electron chi connectivity index (χ1n) is 4.40. The molecule has 0 radical (unpaired) electrons. The predicted molar refractivity (Wildman–Crippen MR) is 65.8 cm³/mol. The van der Waals surface area contributed by atoms with Gasteiger partial charge in [-0.1, -0.05) is 23.2 Å². The minimum Gasteiger partial charge on any atom is -0.216 e. The first kappa shape index (κ1) is 13.7. The summed E-state index contributed by atoms with van der Waals surface area (Å²) in [5.41, 5.74) is 1.52. The summed E-state index contributed by atoms with van der Waals surface area (Å²) in [6, 6.07) is 3.29. The summed E-state index contributed by atoms with van der Waals surface area (Å²) in [5.74, 6) is 0. The lowest BCUT2D eigenvalue weighted by Crippen LogP contribution is -2.33. The Bertz CT molecular complexity index is 479. The summed E-state index contributed by atoms with van der Waals surface area (Å²) in [6.07, 6.45) is 0. The summed E-state index contributed by atoms with van der Waals surface area (Å²) in [7, 11) is -2.31. The fourth-order valence-corrected chi connectivity index (χ4v) is 2.21. The van der Waals surface area contributed by atoms with Crippen molar-refractivity contribution in [2.45, 2.75) is 13.5 Å². The van der Waals surface area contributed by atoms with E-state index in [1.54, 1.807) is 12.1 Å². The summed E-state index contributed by atoms with van der Waals surface area (Å²) >= 11 is 11.8. The third kappa shape index (κ3) is 3.33. The highest BCUT2D eigenvalue weighted by molar-refractivity contribution is 7.86. The number of rotatable bonds is 3. The van der Waals surface area contributed by atoms with Gasteiger partial charge in [-0.3, -0.25) is 0 Å². The van der Waals surface area contributed by atoms with Crippen molar-refractivity contribution in [1.29, 1.82) is 0 Å². The molecule has 0 aliphatic rings. The van der Waals surface area contributed by atoms with Crippen molar-refractivity contribution in [3.63, 3.8) is 0 Å². The van der Waals surface area contributed by atoms with Gasteiger partial charge in [-0.25, -0.2) is 5.14 Å². The van der Waals surface area contributed by atoms with Crippen LogP contribution in [0.1, 0.15) is 11.1 Å². The highest BCUT2D eigenvalue weighted by atomic mass is 35.5. The molecule has 7 heteroatoms. The van der Waals surface area contributed by atoms with Gasteiger partial charge in [0.05, 0.1) is 0 Å². The first-order valence-corrected chi connectivity index (χ1v) is 6.66. The molecule has 1 aromatic carbocycles. The van der Waals surface area contributed by atoms with Crippen LogP contribution in [0.5, 0.6) is 0 Å². The van der Waals surface area contributed by atoms with E-state index < -0.39 is 10.2 Å². The number of nitrogens with two attached hydrogens (primary N) is 1. The molecule has 0 saturated heterocycles. The van der Waals surface area contributed by atoms with Crippen LogP contribution < -0.4 is 5.14 Å². The van der Waals surface area contributed by atoms with Gasteiger partial charge in [-0.15, -0.1) is 0 Å². The van der Waals surface area contributed by atoms with E-state index in [2.05, 4.69) is 0 Å². The minimum atomic E-state index is -3.70. The second-order valence-electron chi connectivity index (χ2n) is 3.48. The van der Waals surface area contributed by atoms with Gasteiger partial charge in [0, 0.05) is 23.6 Å². The summed E-state index contributed by atoms with van der Waals surface area (Å²) in [6.45, 7) is 1.94. The lowest BCUT2D eigenvalue weighted by molar-refractivity contribution is 0.467. The van der Waals surface area contributed by atoms with Gasteiger partial charge in [0.15, 0.2) is 0 Å². The molecule has 0 spiro atoms. The van der Waals surface area contributed by atoms with Crippen LogP contribution in [-0.2, 0) is 16.8 Å². The van der Waals surface area contributed by atoms with Crippen LogP contribution in [0.4, 0.5) is 0 Å². The standard InChI is InChI=1S/C9H12Cl2N2O2S/c1-6-3-7(10)4-9(11)8(6)5-13(2)16(12,14)15/h3-4H,5H2,1-2H3,(H2,12,14,15). The van der Waals surface area contributed by atoms with Crippen molar-refractivity contribution >= 4 is 33.4 Å². The van der Waals surface area contributed by atoms with Crippen LogP contribution in [-0.4, -0.2) is 19.8 Å². The molecule has 0 aliphatic carbocycles. The quantitative estimate of drug-likeness (QED) is 0.921. The molecule has 0 fully saturated rings. The Labute approximate surface area is 105 Å². The van der Waals surface area contributed by atoms with Crippen LogP contribution in [0.15, 0.2) is 12.1 Å². The van der Waals surface area contributed by atoms with Crippen molar-refractivity contribution in [3.05, 3.63) is 33.3 Å². The Balaban J connectivity index is 3.07. The molecular formula is C9H12Cl2N2O2S. The van der Waals surface area contributed by atoms with Crippen molar-refractivity contribution in [1.82, 2.24) is 4.31 Å². The molecule has 4 nitrogen and oxygen atoms in total. The van der Waals surface area contributed by atoms with Gasteiger partial charge in [-0.05, 0) is 30.2 Å². The van der Waals surface area contributed by atoms with E-state index in [1.807, 2.05) is 6.92 Å². The molecule has 1 rings (SSSR count). The maximum atomic E-state index is 11.1. The number of benzene rings is 1. The number of aryl methyl sites for hydroxylation is 1. The SMILES string of the molecule is Cc1cc(Cl)cc(Cl)c1CN(C)S(N)(=O)=O. The maximum Gasteiger partial charge on any atom is 0.276 e. The van der Waals surface area contributed by atoms with E-state index in [9.17, 15) is 8.42 Å². The van der Waals surface area contributed by atoms with Gasteiger partial charge in [0.25, 0.3) is 10.2 Å². The highest BCUT2D eigenvalue weighted by Gasteiger charge is 2.15. The van der Waals surface area contributed by atoms with Gasteiger partial charge in [0.1, 0.15) is 0 Å². The van der Waals surface area contributed by atoms with E-state index >= 15 is 0 Å². The zero-order valence-corrected chi connectivity index (χ0v) is 11.2. The molecule has 0 saturated carbocycles. The van der Waals surface area contributed by atoms with Crippen LogP contribution in [0.2, 0.25) is 10.0 Å². The number of nitrogens with zero attached hydrogens (tertiary/aromatic N) is 1. The third-order valence-corrected chi connectivity index (χ3v) is 3.75. The fraction of sp³-hybridized carbons (Fsp3) is 0.333. The molecule has 0 atom stereocenters. The molecule has 0 bridgehead atoms. The Kier molecular flexibility index (Phi) is 4.20. The molecule has 2 N–H and O–H groups in total. The van der Waals surface area contributed by atoms with Gasteiger partial charge >= 0.3 is 0 Å². The molecule has 0 aromatic heterocycles. The number of hydrogen-bond acceptors (Lipinski definition) is 2. The molecule has 16 heavy (non-hydrogen) atoms. The van der Waals surface area contributed by atoms with E-state index in [1.165, 1.54) is 7.05 Å². The normalized spacial score (nSPS) is 12.1. The van der Waals surface area contributed by atoms with Crippen molar-refractivity contribution in [3.8, 4) is 0 Å². The smallest absolute Gasteiger partial charge is 0.216 e. The Morgan fingerprint density at radius 1 is 1.38 bits per heavy atom. The maximum absolute atomic E-state index is 11.1. The molecule has 0 amide bonds.